The number of Topliss-reactive ketones (excluding diaryl/α,β-unsaturated/α-hetero) is 1. The number of nitrogens with one attached hydrogen (secondary N) is 1. The first-order valence-corrected chi connectivity index (χ1v) is 14.2. The molecule has 0 bridgehead atoms. The maximum atomic E-state index is 12.4. The van der Waals surface area contributed by atoms with E-state index in [0.29, 0.717) is 24.2 Å². The Morgan fingerprint density at radius 3 is 2.44 bits per heavy atom. The lowest BCUT2D eigenvalue weighted by Gasteiger charge is -2.59. The van der Waals surface area contributed by atoms with Crippen LogP contribution in [0.5, 0.6) is 0 Å². The van der Waals surface area contributed by atoms with Gasteiger partial charge in [0.1, 0.15) is 5.60 Å². The SMILES string of the molecule is CC(=O)[C@]1(O)CC[C@@H]2[C@@H]3CCC4=CC(=NOCC(=O)NCc5ccc(C(=O)O)cc5)CC[C@]4(C)[C@@H]3CC[C@@]21C. The molecule has 1 amide bonds. The second-order valence-electron chi connectivity index (χ2n) is 12.5. The molecule has 1 aromatic rings. The van der Waals surface area contributed by atoms with Crippen molar-refractivity contribution in [3.05, 3.63) is 47.0 Å². The predicted octanol–water partition coefficient (Wildman–Crippen LogP) is 4.66. The largest absolute Gasteiger partial charge is 0.478 e. The van der Waals surface area contributed by atoms with Crippen LogP contribution in [0.4, 0.5) is 0 Å². The van der Waals surface area contributed by atoms with Gasteiger partial charge in [0.15, 0.2) is 12.4 Å². The number of oxime groups is 1. The Morgan fingerprint density at radius 1 is 1.03 bits per heavy atom. The first-order chi connectivity index (χ1) is 18.5. The fraction of sp³-hybridized carbons (Fsp3) is 0.613. The van der Waals surface area contributed by atoms with E-state index in [1.54, 1.807) is 19.1 Å². The number of benzene rings is 1. The van der Waals surface area contributed by atoms with Crippen molar-refractivity contribution in [3.8, 4) is 0 Å². The molecule has 8 heteroatoms. The van der Waals surface area contributed by atoms with Gasteiger partial charge in [-0.25, -0.2) is 4.79 Å². The Labute approximate surface area is 229 Å². The Morgan fingerprint density at radius 2 is 1.74 bits per heavy atom. The summed E-state index contributed by atoms with van der Waals surface area (Å²) in [6.07, 6.45) is 9.46. The molecule has 3 fully saturated rings. The average Bonchev–Trinajstić information content (AvgIpc) is 3.19. The van der Waals surface area contributed by atoms with Gasteiger partial charge < -0.3 is 20.4 Å². The van der Waals surface area contributed by atoms with E-state index in [-0.39, 0.29) is 41.2 Å². The summed E-state index contributed by atoms with van der Waals surface area (Å²) in [5.41, 5.74) is 1.87. The zero-order chi connectivity index (χ0) is 28.0. The molecular weight excluding hydrogens is 496 g/mol. The lowest BCUT2D eigenvalue weighted by Crippen LogP contribution is -2.57. The van der Waals surface area contributed by atoms with Crippen LogP contribution in [0.1, 0.15) is 88.1 Å². The summed E-state index contributed by atoms with van der Waals surface area (Å²) in [4.78, 5) is 41.0. The molecule has 0 heterocycles. The summed E-state index contributed by atoms with van der Waals surface area (Å²) in [7, 11) is 0. The number of aliphatic hydroxyl groups is 1. The van der Waals surface area contributed by atoms with E-state index in [1.165, 1.54) is 17.7 Å². The van der Waals surface area contributed by atoms with Crippen LogP contribution >= 0.6 is 0 Å². The first kappa shape index (κ1) is 27.6. The molecule has 3 N–H and O–H groups in total. The van der Waals surface area contributed by atoms with Gasteiger partial charge in [0, 0.05) is 12.0 Å². The lowest BCUT2D eigenvalue weighted by molar-refractivity contribution is -0.159. The minimum atomic E-state index is -1.18. The molecule has 8 nitrogen and oxygen atoms in total. The maximum absolute atomic E-state index is 12.4. The number of carbonyl (C=O) groups excluding carboxylic acids is 2. The fourth-order valence-electron chi connectivity index (χ4n) is 8.43. The van der Waals surface area contributed by atoms with Gasteiger partial charge in [-0.15, -0.1) is 0 Å². The number of allylic oxidation sites excluding steroid dienone is 2. The minimum absolute atomic E-state index is 0.0739. The van der Waals surface area contributed by atoms with Gasteiger partial charge in [-0.3, -0.25) is 9.59 Å². The van der Waals surface area contributed by atoms with E-state index in [0.717, 1.165) is 56.2 Å². The van der Waals surface area contributed by atoms with Gasteiger partial charge in [0.05, 0.1) is 11.3 Å². The first-order valence-electron chi connectivity index (χ1n) is 14.2. The number of hydrogen-bond donors (Lipinski definition) is 3. The molecule has 0 saturated heterocycles. The van der Waals surface area contributed by atoms with Crippen LogP contribution in [0.2, 0.25) is 0 Å². The van der Waals surface area contributed by atoms with Crippen molar-refractivity contribution in [3.63, 3.8) is 0 Å². The molecule has 0 radical (unpaired) electrons. The van der Waals surface area contributed by atoms with Crippen LogP contribution in [0, 0.1) is 28.6 Å². The number of carbonyl (C=O) groups is 3. The van der Waals surface area contributed by atoms with Gasteiger partial charge in [-0.2, -0.15) is 0 Å². The fourth-order valence-corrected chi connectivity index (χ4v) is 8.43. The third-order valence-electron chi connectivity index (χ3n) is 10.8. The van der Waals surface area contributed by atoms with Crippen molar-refractivity contribution in [1.29, 1.82) is 0 Å². The molecule has 3 saturated carbocycles. The van der Waals surface area contributed by atoms with Gasteiger partial charge in [-0.05, 0) is 105 Å². The summed E-state index contributed by atoms with van der Waals surface area (Å²) in [6, 6.07) is 6.37. The number of hydrogen-bond acceptors (Lipinski definition) is 6. The second-order valence-corrected chi connectivity index (χ2v) is 12.5. The number of aromatic carboxylic acids is 1. The predicted molar refractivity (Wildman–Crippen MR) is 146 cm³/mol. The van der Waals surface area contributed by atoms with Crippen LogP contribution in [0.3, 0.4) is 0 Å². The van der Waals surface area contributed by atoms with Crippen molar-refractivity contribution < 1.29 is 29.4 Å². The standard InChI is InChI=1S/C31H40N2O6/c1-19(34)31(38)15-12-26-24-9-8-22-16-23(10-13-29(22,2)25(24)11-14-30(26,31)3)33-39-18-27(35)32-17-20-4-6-21(7-5-20)28(36)37/h4-7,16,24-26,38H,8-15,17-18H2,1-3H3,(H,32,35)(H,36,37)/t24-,25-,26-,29+,30+,31-/m1/s1. The number of carboxylic acids is 1. The molecule has 0 spiro atoms. The number of rotatable bonds is 7. The monoisotopic (exact) mass is 536 g/mol. The van der Waals surface area contributed by atoms with Crippen LogP contribution in [0.25, 0.3) is 0 Å². The van der Waals surface area contributed by atoms with Crippen molar-refractivity contribution in [2.75, 3.05) is 6.61 Å². The van der Waals surface area contributed by atoms with E-state index in [1.807, 2.05) is 0 Å². The van der Waals surface area contributed by atoms with Gasteiger partial charge in [-0.1, -0.05) is 36.7 Å². The van der Waals surface area contributed by atoms with Crippen molar-refractivity contribution in [2.24, 2.45) is 33.7 Å². The second kappa shape index (κ2) is 10.2. The van der Waals surface area contributed by atoms with E-state index in [4.69, 9.17) is 9.94 Å². The lowest BCUT2D eigenvalue weighted by atomic mass is 9.46. The van der Waals surface area contributed by atoms with Crippen molar-refractivity contribution >= 4 is 23.4 Å². The molecule has 5 rings (SSSR count). The topological polar surface area (TPSA) is 125 Å². The highest BCUT2D eigenvalue weighted by Gasteiger charge is 2.65. The average molecular weight is 537 g/mol. The van der Waals surface area contributed by atoms with Gasteiger partial charge in [0.2, 0.25) is 0 Å². The summed E-state index contributed by atoms with van der Waals surface area (Å²) in [5.74, 6) is 0.108. The number of fused-ring (bicyclic) bond motifs is 5. The summed E-state index contributed by atoms with van der Waals surface area (Å²) < 4.78 is 0. The smallest absolute Gasteiger partial charge is 0.335 e. The van der Waals surface area contributed by atoms with Crippen LogP contribution < -0.4 is 5.32 Å². The summed E-state index contributed by atoms with van der Waals surface area (Å²) in [5, 5.41) is 27.4. The zero-order valence-corrected chi connectivity index (χ0v) is 23.2. The highest BCUT2D eigenvalue weighted by molar-refractivity contribution is 5.96. The van der Waals surface area contributed by atoms with E-state index in [2.05, 4.69) is 30.4 Å². The summed E-state index contributed by atoms with van der Waals surface area (Å²) >= 11 is 0. The summed E-state index contributed by atoms with van der Waals surface area (Å²) in [6.45, 7) is 6.20. The Hall–Kier alpha value is -3.00. The van der Waals surface area contributed by atoms with Crippen molar-refractivity contribution in [2.45, 2.75) is 84.3 Å². The van der Waals surface area contributed by atoms with Crippen molar-refractivity contribution in [1.82, 2.24) is 5.32 Å². The molecule has 0 aromatic heterocycles. The highest BCUT2D eigenvalue weighted by atomic mass is 16.6. The molecule has 0 unspecified atom stereocenters. The van der Waals surface area contributed by atoms with Crippen LogP contribution in [0.15, 0.2) is 41.1 Å². The zero-order valence-electron chi connectivity index (χ0n) is 23.2. The quantitative estimate of drug-likeness (QED) is 0.436. The van der Waals surface area contributed by atoms with E-state index < -0.39 is 11.6 Å². The molecule has 6 atom stereocenters. The highest BCUT2D eigenvalue weighted by Crippen LogP contribution is 2.67. The minimum Gasteiger partial charge on any atom is -0.478 e. The molecule has 0 aliphatic heterocycles. The normalized spacial score (nSPS) is 36.3. The molecule has 1 aromatic carbocycles. The molecular formula is C31H40N2O6. The molecule has 39 heavy (non-hydrogen) atoms. The Kier molecular flexibility index (Phi) is 7.20. The maximum Gasteiger partial charge on any atom is 0.335 e. The number of amides is 1. The third kappa shape index (κ3) is 4.71. The van der Waals surface area contributed by atoms with Crippen LogP contribution in [-0.2, 0) is 21.0 Å². The third-order valence-corrected chi connectivity index (χ3v) is 10.8. The van der Waals surface area contributed by atoms with Gasteiger partial charge >= 0.3 is 5.97 Å². The molecule has 4 aliphatic rings. The van der Waals surface area contributed by atoms with Crippen LogP contribution in [-0.4, -0.2) is 45.8 Å². The molecule has 210 valence electrons. The van der Waals surface area contributed by atoms with E-state index in [9.17, 15) is 19.5 Å². The number of nitrogens with zero attached hydrogens (tertiary/aromatic N) is 1. The van der Waals surface area contributed by atoms with Gasteiger partial charge in [0.25, 0.3) is 5.91 Å². The Balaban J connectivity index is 1.18. The molecule has 4 aliphatic carbocycles. The Bertz CT molecular complexity index is 1220. The number of ketones is 1. The van der Waals surface area contributed by atoms with E-state index >= 15 is 0 Å². The number of carboxylic acid groups (broad SMARTS) is 1.